The van der Waals surface area contributed by atoms with Gasteiger partial charge in [-0.2, -0.15) is 4.98 Å². The smallest absolute Gasteiger partial charge is 0.243 e. The molecule has 5 nitrogen and oxygen atoms in total. The van der Waals surface area contributed by atoms with Gasteiger partial charge in [0.1, 0.15) is 5.75 Å². The molecule has 0 aliphatic carbocycles. The maximum absolute atomic E-state index is 5.98. The Morgan fingerprint density at radius 3 is 2.33 bits per heavy atom. The van der Waals surface area contributed by atoms with Crippen molar-refractivity contribution in [1.29, 1.82) is 0 Å². The minimum absolute atomic E-state index is 0.197. The van der Waals surface area contributed by atoms with Crippen molar-refractivity contribution >= 4 is 0 Å². The topological polar surface area (TPSA) is 74.2 Å². The van der Waals surface area contributed by atoms with Crippen molar-refractivity contribution in [2.75, 3.05) is 0 Å². The van der Waals surface area contributed by atoms with Crippen LogP contribution >= 0.6 is 0 Å². The highest BCUT2D eigenvalue weighted by Crippen LogP contribution is 2.30. The van der Waals surface area contributed by atoms with Crippen LogP contribution in [0.25, 0.3) is 11.4 Å². The summed E-state index contributed by atoms with van der Waals surface area (Å²) in [5.41, 5.74) is 8.79. The van der Waals surface area contributed by atoms with E-state index in [1.807, 2.05) is 32.9 Å². The Morgan fingerprint density at radius 1 is 1.24 bits per heavy atom. The van der Waals surface area contributed by atoms with Crippen LogP contribution in [-0.2, 0) is 0 Å². The predicted molar refractivity (Wildman–Crippen MR) is 82.2 cm³/mol. The van der Waals surface area contributed by atoms with Crippen LogP contribution < -0.4 is 10.5 Å². The number of rotatable bonds is 5. The van der Waals surface area contributed by atoms with Gasteiger partial charge in [0, 0.05) is 5.56 Å². The Kier molecular flexibility index (Phi) is 4.63. The van der Waals surface area contributed by atoms with E-state index in [2.05, 4.69) is 24.0 Å². The van der Waals surface area contributed by atoms with Gasteiger partial charge in [0.15, 0.2) is 0 Å². The highest BCUT2D eigenvalue weighted by Gasteiger charge is 2.15. The number of nitrogens with zero attached hydrogens (tertiary/aromatic N) is 2. The molecule has 0 aliphatic heterocycles. The van der Waals surface area contributed by atoms with Crippen LogP contribution in [-0.4, -0.2) is 16.2 Å². The highest BCUT2D eigenvalue weighted by molar-refractivity contribution is 5.61. The summed E-state index contributed by atoms with van der Waals surface area (Å²) in [5.74, 6) is 1.94. The predicted octanol–water partition coefficient (Wildman–Crippen LogP) is 3.55. The number of ether oxygens (including phenoxy) is 1. The lowest BCUT2D eigenvalue weighted by Gasteiger charge is -2.17. The van der Waals surface area contributed by atoms with Gasteiger partial charge in [0.25, 0.3) is 0 Å². The third-order valence-electron chi connectivity index (χ3n) is 3.44. The average Bonchev–Trinajstić information content (AvgIpc) is 2.92. The van der Waals surface area contributed by atoms with Crippen molar-refractivity contribution in [3.63, 3.8) is 0 Å². The average molecular weight is 289 g/mol. The SMILES string of the molecule is CCC(C)Oc1c(C)cc(-c2noc(C(C)N)n2)cc1C. The van der Waals surface area contributed by atoms with Gasteiger partial charge in [0.2, 0.25) is 11.7 Å². The fourth-order valence-electron chi connectivity index (χ4n) is 2.09. The summed E-state index contributed by atoms with van der Waals surface area (Å²) in [6, 6.07) is 3.77. The van der Waals surface area contributed by atoms with Crippen LogP contribution in [0.15, 0.2) is 16.7 Å². The van der Waals surface area contributed by atoms with Gasteiger partial charge < -0.3 is 15.0 Å². The molecule has 0 saturated heterocycles. The normalized spacial score (nSPS) is 14.0. The minimum Gasteiger partial charge on any atom is -0.490 e. The summed E-state index contributed by atoms with van der Waals surface area (Å²) in [4.78, 5) is 4.33. The number of hydrogen-bond acceptors (Lipinski definition) is 5. The van der Waals surface area contributed by atoms with Crippen LogP contribution in [0.3, 0.4) is 0 Å². The first-order valence-electron chi connectivity index (χ1n) is 7.29. The van der Waals surface area contributed by atoms with Gasteiger partial charge in [-0.1, -0.05) is 12.1 Å². The Bertz CT molecular complexity index is 597. The fourth-order valence-corrected chi connectivity index (χ4v) is 2.09. The van der Waals surface area contributed by atoms with Gasteiger partial charge in [-0.25, -0.2) is 0 Å². The second-order valence-corrected chi connectivity index (χ2v) is 5.52. The van der Waals surface area contributed by atoms with E-state index in [1.165, 1.54) is 0 Å². The van der Waals surface area contributed by atoms with Crippen molar-refractivity contribution in [2.45, 2.75) is 53.2 Å². The van der Waals surface area contributed by atoms with E-state index in [4.69, 9.17) is 15.0 Å². The Labute approximate surface area is 125 Å². The van der Waals surface area contributed by atoms with Crippen molar-refractivity contribution in [2.24, 2.45) is 5.73 Å². The van der Waals surface area contributed by atoms with E-state index in [0.29, 0.717) is 11.7 Å². The van der Waals surface area contributed by atoms with Crippen molar-refractivity contribution < 1.29 is 9.26 Å². The molecule has 0 bridgehead atoms. The Balaban J connectivity index is 2.34. The lowest BCUT2D eigenvalue weighted by atomic mass is 10.0. The number of hydrogen-bond donors (Lipinski definition) is 1. The number of nitrogens with two attached hydrogens (primary N) is 1. The molecule has 21 heavy (non-hydrogen) atoms. The third kappa shape index (κ3) is 3.42. The van der Waals surface area contributed by atoms with E-state index in [1.54, 1.807) is 0 Å². The number of aromatic nitrogens is 2. The van der Waals surface area contributed by atoms with Gasteiger partial charge >= 0.3 is 0 Å². The van der Waals surface area contributed by atoms with Crippen LogP contribution in [0.5, 0.6) is 5.75 Å². The quantitative estimate of drug-likeness (QED) is 0.911. The lowest BCUT2D eigenvalue weighted by Crippen LogP contribution is -2.11. The highest BCUT2D eigenvalue weighted by atomic mass is 16.5. The first-order chi connectivity index (χ1) is 9.92. The van der Waals surface area contributed by atoms with E-state index >= 15 is 0 Å². The maximum Gasteiger partial charge on any atom is 0.243 e. The monoisotopic (exact) mass is 289 g/mol. The molecule has 0 spiro atoms. The van der Waals surface area contributed by atoms with Gasteiger partial charge in [0.05, 0.1) is 12.1 Å². The summed E-state index contributed by atoms with van der Waals surface area (Å²) >= 11 is 0. The molecule has 2 atom stereocenters. The molecule has 1 aromatic heterocycles. The van der Waals surface area contributed by atoms with Crippen molar-refractivity contribution in [1.82, 2.24) is 10.1 Å². The fraction of sp³-hybridized carbons (Fsp3) is 0.500. The van der Waals surface area contributed by atoms with Gasteiger partial charge in [-0.05, 0) is 57.4 Å². The Hall–Kier alpha value is -1.88. The molecule has 0 amide bonds. The first kappa shape index (κ1) is 15.5. The second-order valence-electron chi connectivity index (χ2n) is 5.52. The summed E-state index contributed by atoms with van der Waals surface area (Å²) in [5, 5.41) is 3.99. The summed E-state index contributed by atoms with van der Waals surface area (Å²) < 4.78 is 11.1. The van der Waals surface area contributed by atoms with Gasteiger partial charge in [-0.3, -0.25) is 0 Å². The minimum atomic E-state index is -0.263. The van der Waals surface area contributed by atoms with E-state index in [0.717, 1.165) is 28.9 Å². The van der Waals surface area contributed by atoms with Crippen molar-refractivity contribution in [3.05, 3.63) is 29.2 Å². The van der Waals surface area contributed by atoms with Crippen LogP contribution in [0.4, 0.5) is 0 Å². The number of benzene rings is 1. The zero-order valence-corrected chi connectivity index (χ0v) is 13.3. The first-order valence-corrected chi connectivity index (χ1v) is 7.29. The maximum atomic E-state index is 5.98. The molecule has 114 valence electrons. The van der Waals surface area contributed by atoms with E-state index in [9.17, 15) is 0 Å². The zero-order valence-electron chi connectivity index (χ0n) is 13.3. The van der Waals surface area contributed by atoms with Crippen molar-refractivity contribution in [3.8, 4) is 17.1 Å². The lowest BCUT2D eigenvalue weighted by molar-refractivity contribution is 0.214. The molecule has 2 N–H and O–H groups in total. The van der Waals surface area contributed by atoms with E-state index in [-0.39, 0.29) is 12.1 Å². The molecule has 1 heterocycles. The summed E-state index contributed by atoms with van der Waals surface area (Å²) in [6.45, 7) is 10.1. The molecule has 0 saturated carbocycles. The largest absolute Gasteiger partial charge is 0.490 e. The molecule has 0 radical (unpaired) electrons. The standard InChI is InChI=1S/C16H23N3O2/c1-6-11(4)20-14-9(2)7-13(8-10(14)3)15-18-16(12(5)17)21-19-15/h7-8,11-12H,6,17H2,1-5H3. The molecule has 5 heteroatoms. The molecule has 2 aromatic rings. The summed E-state index contributed by atoms with van der Waals surface area (Å²) in [6.07, 6.45) is 1.17. The third-order valence-corrected chi connectivity index (χ3v) is 3.44. The van der Waals surface area contributed by atoms with Crippen LogP contribution in [0, 0.1) is 13.8 Å². The van der Waals surface area contributed by atoms with Gasteiger partial charge in [-0.15, -0.1) is 0 Å². The van der Waals surface area contributed by atoms with E-state index < -0.39 is 0 Å². The molecule has 0 aliphatic rings. The van der Waals surface area contributed by atoms with Crippen LogP contribution in [0.1, 0.15) is 50.3 Å². The van der Waals surface area contributed by atoms with Crippen LogP contribution in [0.2, 0.25) is 0 Å². The Morgan fingerprint density at radius 2 is 1.86 bits per heavy atom. The summed E-state index contributed by atoms with van der Waals surface area (Å²) in [7, 11) is 0. The zero-order chi connectivity index (χ0) is 15.6. The second kappa shape index (κ2) is 6.26. The molecule has 2 unspecified atom stereocenters. The molecule has 2 rings (SSSR count). The molecular formula is C16H23N3O2. The molecule has 0 fully saturated rings. The molecular weight excluding hydrogens is 266 g/mol. The molecule has 1 aromatic carbocycles. The number of aryl methyl sites for hydroxylation is 2.